The fraction of sp³-hybridized carbons (Fsp3) is 0.333. The minimum Gasteiger partial charge on any atom is -0.481 e. The Morgan fingerprint density at radius 2 is 2.06 bits per heavy atom. The third-order valence-corrected chi connectivity index (χ3v) is 2.72. The average Bonchev–Trinajstić information content (AvgIpc) is 2.19. The van der Waals surface area contributed by atoms with E-state index in [2.05, 4.69) is 9.72 Å². The number of pyridine rings is 1. The standard InChI is InChI=1S/C9H6F4INO3/c10-3-5-1-4(2-6(16)17)7(14)15-8(5)18-9(11,12)13/h1H,2-3H2,(H,16,17). The summed E-state index contributed by atoms with van der Waals surface area (Å²) in [7, 11) is 0. The summed E-state index contributed by atoms with van der Waals surface area (Å²) in [6.07, 6.45) is -5.43. The summed E-state index contributed by atoms with van der Waals surface area (Å²) in [5, 5.41) is 8.57. The van der Waals surface area contributed by atoms with Crippen LogP contribution in [0.15, 0.2) is 6.07 Å². The molecule has 0 bridgehead atoms. The number of alkyl halides is 4. The normalized spacial score (nSPS) is 11.4. The smallest absolute Gasteiger partial charge is 0.481 e. The van der Waals surface area contributed by atoms with Gasteiger partial charge in [0.05, 0.1) is 6.42 Å². The Hall–Kier alpha value is -1.13. The second kappa shape index (κ2) is 5.67. The summed E-state index contributed by atoms with van der Waals surface area (Å²) in [5.41, 5.74) is -0.311. The Balaban J connectivity index is 3.14. The molecular formula is C9H6F4INO3. The van der Waals surface area contributed by atoms with Crippen molar-refractivity contribution in [1.82, 2.24) is 4.98 Å². The van der Waals surface area contributed by atoms with Crippen molar-refractivity contribution in [3.63, 3.8) is 0 Å². The van der Waals surface area contributed by atoms with Gasteiger partial charge in [0.1, 0.15) is 10.4 Å². The molecule has 0 radical (unpaired) electrons. The molecule has 9 heteroatoms. The van der Waals surface area contributed by atoms with Gasteiger partial charge in [0.15, 0.2) is 0 Å². The van der Waals surface area contributed by atoms with E-state index >= 15 is 0 Å². The Morgan fingerprint density at radius 1 is 1.44 bits per heavy atom. The molecular weight excluding hydrogens is 373 g/mol. The van der Waals surface area contributed by atoms with Crippen molar-refractivity contribution in [2.75, 3.05) is 0 Å². The highest BCUT2D eigenvalue weighted by atomic mass is 127. The molecule has 0 aliphatic rings. The van der Waals surface area contributed by atoms with Gasteiger partial charge in [-0.05, 0) is 34.2 Å². The zero-order valence-corrected chi connectivity index (χ0v) is 10.7. The first-order chi connectivity index (χ1) is 8.23. The van der Waals surface area contributed by atoms with Gasteiger partial charge in [0.25, 0.3) is 0 Å². The number of carboxylic acid groups (broad SMARTS) is 1. The van der Waals surface area contributed by atoms with E-state index in [1.165, 1.54) is 0 Å². The van der Waals surface area contributed by atoms with Crippen molar-refractivity contribution in [3.05, 3.63) is 20.9 Å². The van der Waals surface area contributed by atoms with Crippen molar-refractivity contribution in [2.45, 2.75) is 19.5 Å². The average molecular weight is 379 g/mol. The number of nitrogens with zero attached hydrogens (tertiary/aromatic N) is 1. The maximum atomic E-state index is 12.6. The Labute approximate surface area is 112 Å². The van der Waals surface area contributed by atoms with Crippen LogP contribution in [0, 0.1) is 3.70 Å². The van der Waals surface area contributed by atoms with Crippen LogP contribution < -0.4 is 4.74 Å². The topological polar surface area (TPSA) is 59.4 Å². The van der Waals surface area contributed by atoms with Gasteiger partial charge in [-0.25, -0.2) is 9.37 Å². The number of carbonyl (C=O) groups is 1. The second-order valence-corrected chi connectivity index (χ2v) is 4.18. The molecule has 1 N–H and O–H groups in total. The summed E-state index contributed by atoms with van der Waals surface area (Å²) in [6, 6.07) is 1.00. The predicted octanol–water partition coefficient (Wildman–Crippen LogP) is 2.68. The zero-order valence-electron chi connectivity index (χ0n) is 8.59. The largest absolute Gasteiger partial charge is 0.574 e. The van der Waals surface area contributed by atoms with E-state index in [1.807, 2.05) is 0 Å². The quantitative estimate of drug-likeness (QED) is 0.497. The monoisotopic (exact) mass is 379 g/mol. The molecule has 0 saturated heterocycles. The molecule has 0 unspecified atom stereocenters. The van der Waals surface area contributed by atoms with Gasteiger partial charge in [-0.3, -0.25) is 4.79 Å². The van der Waals surface area contributed by atoms with Gasteiger partial charge in [-0.15, -0.1) is 13.2 Å². The molecule has 1 aromatic heterocycles. The molecule has 0 saturated carbocycles. The van der Waals surface area contributed by atoms with E-state index in [4.69, 9.17) is 5.11 Å². The van der Waals surface area contributed by atoms with Gasteiger partial charge in [-0.1, -0.05) is 0 Å². The summed E-state index contributed by atoms with van der Waals surface area (Å²) < 4.78 is 52.2. The highest BCUT2D eigenvalue weighted by Gasteiger charge is 2.33. The molecule has 0 aliphatic carbocycles. The number of aliphatic carboxylic acids is 1. The van der Waals surface area contributed by atoms with Crippen LogP contribution in [-0.2, 0) is 17.9 Å². The third kappa shape index (κ3) is 4.27. The van der Waals surface area contributed by atoms with Gasteiger partial charge in [0, 0.05) is 5.56 Å². The lowest BCUT2D eigenvalue weighted by molar-refractivity contribution is -0.276. The van der Waals surface area contributed by atoms with Crippen LogP contribution >= 0.6 is 22.6 Å². The summed E-state index contributed by atoms with van der Waals surface area (Å²) in [4.78, 5) is 13.9. The summed E-state index contributed by atoms with van der Waals surface area (Å²) in [5.74, 6) is -2.09. The number of hydrogen-bond donors (Lipinski definition) is 1. The number of rotatable bonds is 4. The van der Waals surface area contributed by atoms with Crippen LogP contribution in [0.4, 0.5) is 17.6 Å². The SMILES string of the molecule is O=C(O)Cc1cc(CF)c(OC(F)(F)F)nc1I. The van der Waals surface area contributed by atoms with E-state index in [9.17, 15) is 22.4 Å². The van der Waals surface area contributed by atoms with Crippen molar-refractivity contribution in [1.29, 1.82) is 0 Å². The molecule has 0 fully saturated rings. The summed E-state index contributed by atoms with van der Waals surface area (Å²) >= 11 is 1.56. The highest BCUT2D eigenvalue weighted by Crippen LogP contribution is 2.28. The van der Waals surface area contributed by atoms with Crippen LogP contribution in [0.5, 0.6) is 5.88 Å². The van der Waals surface area contributed by atoms with Crippen LogP contribution in [0.1, 0.15) is 11.1 Å². The minimum atomic E-state index is -4.98. The Morgan fingerprint density at radius 3 is 2.50 bits per heavy atom. The van der Waals surface area contributed by atoms with Crippen LogP contribution in [0.2, 0.25) is 0 Å². The first kappa shape index (κ1) is 14.9. The van der Waals surface area contributed by atoms with E-state index in [0.29, 0.717) is 0 Å². The molecule has 18 heavy (non-hydrogen) atoms. The van der Waals surface area contributed by atoms with E-state index in [0.717, 1.165) is 6.07 Å². The Kier molecular flexibility index (Phi) is 4.71. The fourth-order valence-corrected chi connectivity index (χ4v) is 1.71. The lowest BCUT2D eigenvalue weighted by atomic mass is 10.1. The molecule has 0 spiro atoms. The molecule has 1 rings (SSSR count). The van der Waals surface area contributed by atoms with Crippen molar-refractivity contribution < 1.29 is 32.2 Å². The maximum Gasteiger partial charge on any atom is 0.574 e. The lowest BCUT2D eigenvalue weighted by Crippen LogP contribution is -2.19. The number of halogens is 5. The molecule has 0 amide bonds. The molecule has 100 valence electrons. The molecule has 0 atom stereocenters. The van der Waals surface area contributed by atoms with E-state index in [1.54, 1.807) is 22.6 Å². The number of aromatic nitrogens is 1. The predicted molar refractivity (Wildman–Crippen MR) is 59.8 cm³/mol. The second-order valence-electron chi connectivity index (χ2n) is 3.15. The highest BCUT2D eigenvalue weighted by molar-refractivity contribution is 14.1. The molecule has 1 aromatic rings. The van der Waals surface area contributed by atoms with Crippen LogP contribution in [0.25, 0.3) is 0 Å². The Bertz CT molecular complexity index is 464. The van der Waals surface area contributed by atoms with Gasteiger partial charge in [0.2, 0.25) is 5.88 Å². The van der Waals surface area contributed by atoms with Crippen LogP contribution in [-0.4, -0.2) is 22.4 Å². The maximum absolute atomic E-state index is 12.6. The van der Waals surface area contributed by atoms with Crippen molar-refractivity contribution >= 4 is 28.6 Å². The number of hydrogen-bond acceptors (Lipinski definition) is 3. The fourth-order valence-electron chi connectivity index (χ4n) is 1.14. The minimum absolute atomic E-state index is 0.0199. The van der Waals surface area contributed by atoms with E-state index in [-0.39, 0.29) is 9.26 Å². The molecule has 0 aromatic carbocycles. The molecule has 4 nitrogen and oxygen atoms in total. The first-order valence-corrected chi connectivity index (χ1v) is 5.52. The van der Waals surface area contributed by atoms with Gasteiger partial charge >= 0.3 is 12.3 Å². The van der Waals surface area contributed by atoms with Crippen molar-refractivity contribution in [2.24, 2.45) is 0 Å². The third-order valence-electron chi connectivity index (χ3n) is 1.79. The van der Waals surface area contributed by atoms with Gasteiger partial charge < -0.3 is 9.84 Å². The number of carboxylic acids is 1. The molecule has 0 aliphatic heterocycles. The zero-order chi connectivity index (χ0) is 13.9. The molecule has 1 heterocycles. The summed E-state index contributed by atoms with van der Waals surface area (Å²) in [6.45, 7) is -1.23. The van der Waals surface area contributed by atoms with Crippen LogP contribution in [0.3, 0.4) is 0 Å². The van der Waals surface area contributed by atoms with Gasteiger partial charge in [-0.2, -0.15) is 0 Å². The first-order valence-electron chi connectivity index (χ1n) is 4.44. The van der Waals surface area contributed by atoms with Crippen molar-refractivity contribution in [3.8, 4) is 5.88 Å². The number of ether oxygens (including phenoxy) is 1. The lowest BCUT2D eigenvalue weighted by Gasteiger charge is -2.12. The van der Waals surface area contributed by atoms with E-state index < -0.39 is 36.9 Å².